The molecule has 130 valence electrons. The Hall–Kier alpha value is -4.07. The zero-order chi connectivity index (χ0) is 18.5. The van der Waals surface area contributed by atoms with Crippen molar-refractivity contribution < 1.29 is 10.0 Å². The predicted octanol–water partition coefficient (Wildman–Crippen LogP) is 3.94. The molecule has 0 bridgehead atoms. The van der Waals surface area contributed by atoms with Gasteiger partial charge in [-0.15, -0.1) is 0 Å². The first kappa shape index (κ1) is 15.2. The van der Waals surface area contributed by atoms with E-state index in [1.54, 1.807) is 18.5 Å². The Morgan fingerprint density at radius 1 is 0.963 bits per heavy atom. The predicted molar refractivity (Wildman–Crippen MR) is 100 cm³/mol. The van der Waals surface area contributed by atoms with Crippen molar-refractivity contribution in [2.24, 2.45) is 0 Å². The van der Waals surface area contributed by atoms with Gasteiger partial charge in [-0.05, 0) is 36.4 Å². The maximum Gasteiger partial charge on any atom is 0.311 e. The molecule has 0 aliphatic heterocycles. The number of nitro benzene ring substituents is 1. The van der Waals surface area contributed by atoms with Crippen molar-refractivity contribution in [2.45, 2.75) is 0 Å². The molecule has 0 amide bonds. The number of phenols is 1. The van der Waals surface area contributed by atoms with E-state index in [0.29, 0.717) is 16.9 Å². The second kappa shape index (κ2) is 5.46. The number of aromatic nitrogens is 4. The second-order valence-electron chi connectivity index (χ2n) is 6.07. The molecule has 5 rings (SSSR count). The van der Waals surface area contributed by atoms with Crippen molar-refractivity contribution in [2.75, 3.05) is 0 Å². The summed E-state index contributed by atoms with van der Waals surface area (Å²) in [6, 6.07) is 11.7. The molecule has 0 unspecified atom stereocenters. The molecule has 0 spiro atoms. The lowest BCUT2D eigenvalue weighted by Gasteiger charge is -2.03. The number of nitrogens with zero attached hydrogens (tertiary/aromatic N) is 4. The molecule has 2 aromatic carbocycles. The molecule has 27 heavy (non-hydrogen) atoms. The number of hydrogen-bond donors (Lipinski definition) is 2. The van der Waals surface area contributed by atoms with Gasteiger partial charge in [-0.25, -0.2) is 4.98 Å². The third-order valence-corrected chi connectivity index (χ3v) is 4.51. The van der Waals surface area contributed by atoms with E-state index < -0.39 is 4.92 Å². The highest BCUT2D eigenvalue weighted by atomic mass is 16.6. The quantitative estimate of drug-likeness (QED) is 0.281. The summed E-state index contributed by atoms with van der Waals surface area (Å²) in [6.07, 6.45) is 3.42. The first-order valence-corrected chi connectivity index (χ1v) is 8.12. The third-order valence-electron chi connectivity index (χ3n) is 4.51. The summed E-state index contributed by atoms with van der Waals surface area (Å²) in [4.78, 5) is 27.3. The Morgan fingerprint density at radius 2 is 1.67 bits per heavy atom. The van der Waals surface area contributed by atoms with Crippen molar-refractivity contribution >= 4 is 38.5 Å². The number of fused-ring (bicyclic) bond motifs is 6. The highest BCUT2D eigenvalue weighted by Crippen LogP contribution is 2.35. The summed E-state index contributed by atoms with van der Waals surface area (Å²) in [5.41, 5.74) is 3.13. The van der Waals surface area contributed by atoms with E-state index in [1.807, 2.05) is 24.3 Å². The van der Waals surface area contributed by atoms with Crippen molar-refractivity contribution in [3.63, 3.8) is 0 Å². The Labute approximate surface area is 151 Å². The van der Waals surface area contributed by atoms with Gasteiger partial charge in [0.25, 0.3) is 0 Å². The van der Waals surface area contributed by atoms with Gasteiger partial charge in [0.2, 0.25) is 0 Å². The van der Waals surface area contributed by atoms with Crippen LogP contribution >= 0.6 is 0 Å². The first-order chi connectivity index (χ1) is 13.1. The average Bonchev–Trinajstić information content (AvgIpc) is 3.14. The minimum Gasteiger partial charge on any atom is -0.502 e. The molecule has 0 saturated heterocycles. The van der Waals surface area contributed by atoms with E-state index in [0.717, 1.165) is 27.3 Å². The lowest BCUT2D eigenvalue weighted by atomic mass is 10.1. The van der Waals surface area contributed by atoms with Crippen LogP contribution in [0.4, 0.5) is 5.69 Å². The summed E-state index contributed by atoms with van der Waals surface area (Å²) in [6.45, 7) is 0. The van der Waals surface area contributed by atoms with Gasteiger partial charge in [0.1, 0.15) is 5.82 Å². The average molecular weight is 357 g/mol. The van der Waals surface area contributed by atoms with Crippen LogP contribution in [0.1, 0.15) is 0 Å². The fourth-order valence-electron chi connectivity index (χ4n) is 3.30. The normalized spacial score (nSPS) is 11.4. The number of nitro groups is 1. The van der Waals surface area contributed by atoms with Crippen LogP contribution in [0.2, 0.25) is 0 Å². The van der Waals surface area contributed by atoms with Gasteiger partial charge in [0.15, 0.2) is 5.75 Å². The fraction of sp³-hybridized carbons (Fsp3) is 0. The minimum atomic E-state index is -0.625. The molecule has 0 saturated carbocycles. The Morgan fingerprint density at radius 3 is 2.41 bits per heavy atom. The summed E-state index contributed by atoms with van der Waals surface area (Å²) < 4.78 is 0. The molecule has 8 heteroatoms. The van der Waals surface area contributed by atoms with Crippen molar-refractivity contribution in [3.05, 3.63) is 65.0 Å². The van der Waals surface area contributed by atoms with E-state index in [2.05, 4.69) is 19.9 Å². The number of phenolic OH excluding ortho intramolecular Hbond substituents is 1. The Bertz CT molecular complexity index is 1300. The number of hydrogen-bond acceptors (Lipinski definition) is 6. The number of aromatic hydroxyl groups is 1. The number of benzene rings is 2. The Balaban J connectivity index is 1.87. The summed E-state index contributed by atoms with van der Waals surface area (Å²) >= 11 is 0. The molecule has 8 nitrogen and oxygen atoms in total. The summed E-state index contributed by atoms with van der Waals surface area (Å²) in [5, 5.41) is 22.5. The highest BCUT2D eigenvalue weighted by Gasteiger charge is 2.18. The molecule has 5 aromatic rings. The van der Waals surface area contributed by atoms with Gasteiger partial charge in [-0.1, -0.05) is 0 Å². The number of imidazole rings is 1. The van der Waals surface area contributed by atoms with Gasteiger partial charge >= 0.3 is 5.69 Å². The molecule has 3 aromatic heterocycles. The topological polar surface area (TPSA) is 118 Å². The van der Waals surface area contributed by atoms with E-state index in [1.165, 1.54) is 12.1 Å². The lowest BCUT2D eigenvalue weighted by Crippen LogP contribution is -1.90. The number of pyridine rings is 2. The van der Waals surface area contributed by atoms with Gasteiger partial charge in [-0.3, -0.25) is 20.1 Å². The van der Waals surface area contributed by atoms with Crippen molar-refractivity contribution in [3.8, 4) is 17.1 Å². The molecule has 0 atom stereocenters. The zero-order valence-corrected chi connectivity index (χ0v) is 13.7. The van der Waals surface area contributed by atoms with Crippen LogP contribution in [-0.2, 0) is 0 Å². The molecular weight excluding hydrogens is 346 g/mol. The minimum absolute atomic E-state index is 0.369. The molecule has 2 N–H and O–H groups in total. The third kappa shape index (κ3) is 2.20. The van der Waals surface area contributed by atoms with Crippen LogP contribution in [0.15, 0.2) is 54.9 Å². The first-order valence-electron chi connectivity index (χ1n) is 8.12. The highest BCUT2D eigenvalue weighted by molar-refractivity contribution is 6.21. The van der Waals surface area contributed by atoms with E-state index in [9.17, 15) is 15.2 Å². The summed E-state index contributed by atoms with van der Waals surface area (Å²) in [5.74, 6) is 0.0822. The van der Waals surface area contributed by atoms with Gasteiger partial charge in [0.05, 0.1) is 27.0 Å². The van der Waals surface area contributed by atoms with Gasteiger partial charge < -0.3 is 10.1 Å². The number of nitrogens with one attached hydrogen (secondary N) is 1. The molecular formula is C19H11N5O3. The molecule has 0 radical (unpaired) electrons. The van der Waals surface area contributed by atoms with Crippen molar-refractivity contribution in [1.82, 2.24) is 19.9 Å². The van der Waals surface area contributed by atoms with Crippen molar-refractivity contribution in [1.29, 1.82) is 0 Å². The fourth-order valence-corrected chi connectivity index (χ4v) is 3.30. The van der Waals surface area contributed by atoms with Crippen LogP contribution in [0.25, 0.3) is 44.2 Å². The molecule has 3 heterocycles. The number of rotatable bonds is 2. The molecule has 0 aliphatic rings. The van der Waals surface area contributed by atoms with E-state index in [4.69, 9.17) is 0 Å². The van der Waals surface area contributed by atoms with Crippen LogP contribution in [0.3, 0.4) is 0 Å². The number of aromatic amines is 1. The Kier molecular flexibility index (Phi) is 3.08. The smallest absolute Gasteiger partial charge is 0.311 e. The van der Waals surface area contributed by atoms with Gasteiger partial charge in [-0.2, -0.15) is 0 Å². The van der Waals surface area contributed by atoms with Crippen LogP contribution in [0.5, 0.6) is 5.75 Å². The molecule has 0 fully saturated rings. The van der Waals surface area contributed by atoms with E-state index >= 15 is 0 Å². The summed E-state index contributed by atoms with van der Waals surface area (Å²) in [7, 11) is 0. The lowest BCUT2D eigenvalue weighted by molar-refractivity contribution is -0.385. The van der Waals surface area contributed by atoms with Crippen LogP contribution in [-0.4, -0.2) is 30.0 Å². The van der Waals surface area contributed by atoms with Crippen LogP contribution in [0, 0.1) is 10.1 Å². The molecule has 0 aliphatic carbocycles. The number of H-pyrrole nitrogens is 1. The maximum absolute atomic E-state index is 11.1. The SMILES string of the molecule is O=[N+]([O-])c1cc(-c2nc3c4cccnc4c4ncccc4c3[nH]2)ccc1O. The second-order valence-corrected chi connectivity index (χ2v) is 6.07. The monoisotopic (exact) mass is 357 g/mol. The van der Waals surface area contributed by atoms with E-state index in [-0.39, 0.29) is 11.4 Å². The van der Waals surface area contributed by atoms with Gasteiger partial charge in [0, 0.05) is 34.8 Å². The largest absolute Gasteiger partial charge is 0.502 e. The standard InChI is InChI=1S/C19H11N5O3/c25-14-6-5-10(9-13(14)24(26)27)19-22-17-11-3-1-7-20-15(11)16-12(18(17)23-19)4-2-8-21-16/h1-9,25H,(H,22,23). The van der Waals surface area contributed by atoms with Crippen LogP contribution < -0.4 is 0 Å². The zero-order valence-electron chi connectivity index (χ0n) is 13.7. The maximum atomic E-state index is 11.1.